The van der Waals surface area contributed by atoms with Gasteiger partial charge in [0, 0.05) is 55.6 Å². The minimum atomic E-state index is 0.518. The highest BCUT2D eigenvalue weighted by Gasteiger charge is 2.21. The minimum absolute atomic E-state index is 0.518. The zero-order valence-corrected chi connectivity index (χ0v) is 20.4. The Balaban J connectivity index is 1.28. The topological polar surface area (TPSA) is 32.3 Å². The highest BCUT2D eigenvalue weighted by Crippen LogP contribution is 2.35. The fraction of sp³-hybridized carbons (Fsp3) is 0.556. The number of aromatic nitrogens is 2. The first-order chi connectivity index (χ1) is 15.7. The van der Waals surface area contributed by atoms with Crippen LogP contribution in [0.5, 0.6) is 0 Å². The molecule has 2 fully saturated rings. The molecule has 0 unspecified atom stereocenters. The summed E-state index contributed by atoms with van der Waals surface area (Å²) in [5, 5.41) is 4.96. The van der Waals surface area contributed by atoms with Crippen molar-refractivity contribution in [2.24, 2.45) is 0 Å². The lowest BCUT2D eigenvalue weighted by Crippen LogP contribution is -2.30. The van der Waals surface area contributed by atoms with Gasteiger partial charge in [0.1, 0.15) is 0 Å². The van der Waals surface area contributed by atoms with Crippen LogP contribution in [0.25, 0.3) is 10.9 Å². The number of benzene rings is 1. The van der Waals surface area contributed by atoms with E-state index in [9.17, 15) is 0 Å². The molecule has 0 radical (unpaired) electrons. The highest BCUT2D eigenvalue weighted by atomic mass is 32.1. The van der Waals surface area contributed by atoms with Gasteiger partial charge in [-0.05, 0) is 48.9 Å². The number of hydrogen-bond acceptors (Lipinski definition) is 5. The lowest BCUT2D eigenvalue weighted by molar-refractivity contribution is 0.282. The molecule has 5 rings (SSSR count). The number of hydrogen-bond donors (Lipinski definition) is 0. The quantitative estimate of drug-likeness (QED) is 0.441. The maximum Gasteiger partial charge on any atom is 0.0959 e. The molecule has 3 heterocycles. The number of nitrogens with zero attached hydrogens (tertiary/aromatic N) is 4. The molecule has 1 saturated heterocycles. The lowest BCUT2D eigenvalue weighted by atomic mass is 9.90. The summed E-state index contributed by atoms with van der Waals surface area (Å²) in [4.78, 5) is 15.0. The Morgan fingerprint density at radius 1 is 1.03 bits per heavy atom. The normalized spacial score (nSPS) is 19.0. The first kappa shape index (κ1) is 21.8. The maximum absolute atomic E-state index is 5.06. The van der Waals surface area contributed by atoms with E-state index in [4.69, 9.17) is 9.97 Å². The largest absolute Gasteiger partial charge is 0.368 e. The maximum atomic E-state index is 5.06. The van der Waals surface area contributed by atoms with Gasteiger partial charge in [0.2, 0.25) is 0 Å². The van der Waals surface area contributed by atoms with Gasteiger partial charge in [-0.3, -0.25) is 9.88 Å². The van der Waals surface area contributed by atoms with Gasteiger partial charge in [-0.2, -0.15) is 0 Å². The molecule has 2 aromatic heterocycles. The van der Waals surface area contributed by atoms with E-state index >= 15 is 0 Å². The molecule has 0 N–H and O–H groups in total. The summed E-state index contributed by atoms with van der Waals surface area (Å²) in [5.41, 5.74) is 5.13. The Labute approximate surface area is 196 Å². The second-order valence-electron chi connectivity index (χ2n) is 9.90. The predicted molar refractivity (Wildman–Crippen MR) is 136 cm³/mol. The molecular formula is C27H36N4S. The van der Waals surface area contributed by atoms with Crippen molar-refractivity contribution in [1.29, 1.82) is 0 Å². The van der Waals surface area contributed by atoms with Crippen molar-refractivity contribution in [3.8, 4) is 0 Å². The summed E-state index contributed by atoms with van der Waals surface area (Å²) >= 11 is 1.90. The van der Waals surface area contributed by atoms with Gasteiger partial charge < -0.3 is 4.90 Å². The molecule has 3 aromatic rings. The van der Waals surface area contributed by atoms with Crippen LogP contribution >= 0.6 is 11.3 Å². The number of anilines is 1. The molecule has 4 nitrogen and oxygen atoms in total. The minimum Gasteiger partial charge on any atom is -0.368 e. The Morgan fingerprint density at radius 3 is 2.75 bits per heavy atom. The van der Waals surface area contributed by atoms with Gasteiger partial charge in [0.05, 0.1) is 21.9 Å². The van der Waals surface area contributed by atoms with E-state index in [0.29, 0.717) is 5.92 Å². The van der Waals surface area contributed by atoms with Crippen molar-refractivity contribution >= 4 is 27.9 Å². The van der Waals surface area contributed by atoms with Crippen LogP contribution in [0.1, 0.15) is 80.5 Å². The van der Waals surface area contributed by atoms with Gasteiger partial charge in [0.25, 0.3) is 0 Å². The first-order valence-electron chi connectivity index (χ1n) is 12.5. The smallest absolute Gasteiger partial charge is 0.0959 e. The van der Waals surface area contributed by atoms with Crippen LogP contribution < -0.4 is 4.90 Å². The van der Waals surface area contributed by atoms with Gasteiger partial charge >= 0.3 is 0 Å². The number of fused-ring (bicyclic) bond motifs is 1. The second kappa shape index (κ2) is 9.88. The Kier molecular flexibility index (Phi) is 6.74. The molecule has 1 saturated carbocycles. The van der Waals surface area contributed by atoms with E-state index in [1.54, 1.807) is 0 Å². The van der Waals surface area contributed by atoms with Crippen molar-refractivity contribution in [2.45, 2.75) is 70.8 Å². The first-order valence-corrected chi connectivity index (χ1v) is 13.4. The van der Waals surface area contributed by atoms with E-state index in [0.717, 1.165) is 44.2 Å². The van der Waals surface area contributed by atoms with Crippen LogP contribution in [0.2, 0.25) is 0 Å². The summed E-state index contributed by atoms with van der Waals surface area (Å²) < 4.78 is 0. The molecule has 1 aromatic carbocycles. The van der Waals surface area contributed by atoms with Crippen molar-refractivity contribution < 1.29 is 0 Å². The molecule has 0 bridgehead atoms. The summed E-state index contributed by atoms with van der Waals surface area (Å²) in [6.07, 6.45) is 9.94. The van der Waals surface area contributed by atoms with Crippen molar-refractivity contribution in [2.75, 3.05) is 31.1 Å². The SMILES string of the molecule is CC(C)c1cc(N2CCCN(Cc3csc(C4CCCCC4)n3)CC2)c2ncccc2c1. The monoisotopic (exact) mass is 448 g/mol. The Morgan fingerprint density at radius 2 is 1.91 bits per heavy atom. The number of thiazole rings is 1. The number of rotatable bonds is 5. The summed E-state index contributed by atoms with van der Waals surface area (Å²) in [6, 6.07) is 8.95. The lowest BCUT2D eigenvalue weighted by Gasteiger charge is -2.25. The summed E-state index contributed by atoms with van der Waals surface area (Å²) in [6.45, 7) is 9.91. The highest BCUT2D eigenvalue weighted by molar-refractivity contribution is 7.09. The van der Waals surface area contributed by atoms with Gasteiger partial charge in [-0.25, -0.2) is 4.98 Å². The van der Waals surface area contributed by atoms with Crippen molar-refractivity contribution in [3.63, 3.8) is 0 Å². The molecule has 0 spiro atoms. The zero-order chi connectivity index (χ0) is 21.9. The molecule has 1 aliphatic heterocycles. The fourth-order valence-electron chi connectivity index (χ4n) is 5.30. The van der Waals surface area contributed by atoms with Crippen LogP contribution in [0, 0.1) is 0 Å². The predicted octanol–water partition coefficient (Wildman–Crippen LogP) is 6.57. The van der Waals surface area contributed by atoms with Crippen LogP contribution in [0.4, 0.5) is 5.69 Å². The van der Waals surface area contributed by atoms with E-state index in [1.807, 2.05) is 17.5 Å². The van der Waals surface area contributed by atoms with Crippen LogP contribution in [-0.4, -0.2) is 41.0 Å². The average molecular weight is 449 g/mol. The molecule has 2 aliphatic rings. The van der Waals surface area contributed by atoms with Gasteiger partial charge in [0.15, 0.2) is 0 Å². The van der Waals surface area contributed by atoms with Crippen LogP contribution in [0.15, 0.2) is 35.8 Å². The van der Waals surface area contributed by atoms with Crippen molar-refractivity contribution in [1.82, 2.24) is 14.9 Å². The third-order valence-electron chi connectivity index (χ3n) is 7.21. The molecule has 0 amide bonds. The van der Waals surface area contributed by atoms with Crippen LogP contribution in [-0.2, 0) is 6.54 Å². The molecule has 170 valence electrons. The number of pyridine rings is 1. The Hall–Kier alpha value is -1.98. The Bertz CT molecular complexity index is 1040. The molecule has 5 heteroatoms. The van der Waals surface area contributed by atoms with Crippen molar-refractivity contribution in [3.05, 3.63) is 52.1 Å². The van der Waals surface area contributed by atoms with Gasteiger partial charge in [-0.1, -0.05) is 39.2 Å². The summed E-state index contributed by atoms with van der Waals surface area (Å²) in [5.74, 6) is 1.24. The molecule has 1 aliphatic carbocycles. The van der Waals surface area contributed by atoms with E-state index in [2.05, 4.69) is 53.3 Å². The van der Waals surface area contributed by atoms with E-state index < -0.39 is 0 Å². The molecule has 32 heavy (non-hydrogen) atoms. The standard InChI is InChI=1S/C27H36N4S/c1-20(2)23-16-22-10-6-11-28-26(22)25(17-23)31-13-7-12-30(14-15-31)18-24-19-32-27(29-24)21-8-4-3-5-9-21/h6,10-11,16-17,19-21H,3-5,7-9,12-15,18H2,1-2H3. The second-order valence-corrected chi connectivity index (χ2v) is 10.8. The summed E-state index contributed by atoms with van der Waals surface area (Å²) in [7, 11) is 0. The molecular weight excluding hydrogens is 412 g/mol. The third-order valence-corrected chi connectivity index (χ3v) is 8.27. The average Bonchev–Trinajstić information content (AvgIpc) is 3.17. The van der Waals surface area contributed by atoms with E-state index in [1.165, 1.54) is 65.9 Å². The van der Waals surface area contributed by atoms with Gasteiger partial charge in [-0.15, -0.1) is 11.3 Å². The van der Waals surface area contributed by atoms with Crippen LogP contribution in [0.3, 0.4) is 0 Å². The molecule has 0 atom stereocenters. The zero-order valence-electron chi connectivity index (χ0n) is 19.6. The third kappa shape index (κ3) is 4.84. The fourth-order valence-corrected chi connectivity index (χ4v) is 6.28. The van der Waals surface area contributed by atoms with E-state index in [-0.39, 0.29) is 0 Å².